The van der Waals surface area contributed by atoms with Crippen LogP contribution in [0.15, 0.2) is 67.3 Å². The van der Waals surface area contributed by atoms with Crippen LogP contribution in [0.25, 0.3) is 10.9 Å². The van der Waals surface area contributed by atoms with Crippen LogP contribution >= 0.6 is 0 Å². The summed E-state index contributed by atoms with van der Waals surface area (Å²) in [4.78, 5) is 62.1. The molecule has 9 N–H and O–H groups in total. The summed E-state index contributed by atoms with van der Waals surface area (Å²) in [6, 6.07) is 9.37. The molecule has 4 aromatic rings. The van der Waals surface area contributed by atoms with Gasteiger partial charge in [0.2, 0.25) is 17.7 Å². The number of nitrogens with two attached hydrogens (primary N) is 1. The van der Waals surface area contributed by atoms with E-state index in [2.05, 4.69) is 30.9 Å². The lowest BCUT2D eigenvalue weighted by Gasteiger charge is -2.26. The molecule has 13 nitrogen and oxygen atoms in total. The summed E-state index contributed by atoms with van der Waals surface area (Å²) < 4.78 is 0. The number of H-pyrrole nitrogens is 2. The maximum Gasteiger partial charge on any atom is 0.326 e. The van der Waals surface area contributed by atoms with Gasteiger partial charge in [-0.1, -0.05) is 44.2 Å². The highest BCUT2D eigenvalue weighted by Gasteiger charge is 2.31. The second-order valence-electron chi connectivity index (χ2n) is 11.5. The number of nitrogens with zero attached hydrogens (tertiary/aromatic N) is 1. The highest BCUT2D eigenvalue weighted by molar-refractivity contribution is 5.94. The van der Waals surface area contributed by atoms with Crippen LogP contribution in [0.3, 0.4) is 0 Å². The molecule has 45 heavy (non-hydrogen) atoms. The van der Waals surface area contributed by atoms with Gasteiger partial charge in [0.25, 0.3) is 0 Å². The quantitative estimate of drug-likeness (QED) is 0.0977. The lowest BCUT2D eigenvalue weighted by molar-refractivity contribution is -0.142. The second-order valence-corrected chi connectivity index (χ2v) is 11.5. The maximum atomic E-state index is 13.7. The molecule has 0 saturated carbocycles. The molecule has 238 valence electrons. The maximum absolute atomic E-state index is 13.7. The number of amides is 3. The van der Waals surface area contributed by atoms with Gasteiger partial charge in [0.05, 0.1) is 12.4 Å². The number of benzene rings is 2. The number of imidazole rings is 1. The van der Waals surface area contributed by atoms with E-state index in [1.807, 2.05) is 38.1 Å². The smallest absolute Gasteiger partial charge is 0.326 e. The molecular formula is C32H39N7O6. The van der Waals surface area contributed by atoms with E-state index in [-0.39, 0.29) is 37.4 Å². The summed E-state index contributed by atoms with van der Waals surface area (Å²) in [5, 5.41) is 28.4. The van der Waals surface area contributed by atoms with Gasteiger partial charge in [-0.05, 0) is 48.1 Å². The number of aromatic nitrogens is 3. The molecule has 0 fully saturated rings. The van der Waals surface area contributed by atoms with E-state index < -0.39 is 47.9 Å². The highest BCUT2D eigenvalue weighted by Crippen LogP contribution is 2.19. The number of aliphatic carboxylic acids is 1. The van der Waals surface area contributed by atoms with Crippen molar-refractivity contribution < 1.29 is 29.4 Å². The van der Waals surface area contributed by atoms with Crippen molar-refractivity contribution in [1.29, 1.82) is 0 Å². The van der Waals surface area contributed by atoms with Crippen molar-refractivity contribution in [2.75, 3.05) is 0 Å². The van der Waals surface area contributed by atoms with Gasteiger partial charge in [0, 0.05) is 41.8 Å². The fourth-order valence-corrected chi connectivity index (χ4v) is 5.05. The zero-order valence-corrected chi connectivity index (χ0v) is 25.1. The van der Waals surface area contributed by atoms with Gasteiger partial charge < -0.3 is 41.9 Å². The zero-order valence-electron chi connectivity index (χ0n) is 25.1. The van der Waals surface area contributed by atoms with Crippen molar-refractivity contribution in [3.8, 4) is 5.75 Å². The first-order valence-corrected chi connectivity index (χ1v) is 14.7. The van der Waals surface area contributed by atoms with Crippen LogP contribution in [0.5, 0.6) is 5.75 Å². The van der Waals surface area contributed by atoms with Crippen LogP contribution in [0, 0.1) is 5.92 Å². The third-order valence-corrected chi connectivity index (χ3v) is 7.39. The lowest BCUT2D eigenvalue weighted by atomic mass is 10.00. The number of hydrogen-bond acceptors (Lipinski definition) is 7. The molecular weight excluding hydrogens is 578 g/mol. The fourth-order valence-electron chi connectivity index (χ4n) is 5.05. The average Bonchev–Trinajstić information content (AvgIpc) is 3.67. The Bertz CT molecular complexity index is 1600. The Morgan fingerprint density at radius 2 is 1.51 bits per heavy atom. The molecule has 2 aromatic heterocycles. The van der Waals surface area contributed by atoms with Crippen LogP contribution in [0.2, 0.25) is 0 Å². The molecule has 2 aromatic carbocycles. The van der Waals surface area contributed by atoms with Crippen LogP contribution in [-0.4, -0.2) is 73.0 Å². The Morgan fingerprint density at radius 3 is 2.18 bits per heavy atom. The molecule has 0 aliphatic heterocycles. The van der Waals surface area contributed by atoms with Crippen molar-refractivity contribution in [3.05, 3.63) is 84.1 Å². The number of hydrogen-bond donors (Lipinski definition) is 8. The number of fused-ring (bicyclic) bond motifs is 1. The minimum atomic E-state index is -1.26. The molecule has 0 aliphatic carbocycles. The molecule has 0 aliphatic rings. The van der Waals surface area contributed by atoms with E-state index >= 15 is 0 Å². The summed E-state index contributed by atoms with van der Waals surface area (Å²) in [6.07, 6.45) is 5.12. The number of carboxylic acid groups (broad SMARTS) is 1. The number of aromatic amines is 2. The Labute approximate surface area is 260 Å². The van der Waals surface area contributed by atoms with Crippen molar-refractivity contribution in [3.63, 3.8) is 0 Å². The summed E-state index contributed by atoms with van der Waals surface area (Å²) in [6.45, 7) is 3.73. The minimum Gasteiger partial charge on any atom is -0.508 e. The van der Waals surface area contributed by atoms with Crippen LogP contribution < -0.4 is 21.7 Å². The summed E-state index contributed by atoms with van der Waals surface area (Å²) in [5.74, 6) is -3.11. The van der Waals surface area contributed by atoms with E-state index in [9.17, 15) is 29.4 Å². The molecule has 3 amide bonds. The Morgan fingerprint density at radius 1 is 0.844 bits per heavy atom. The van der Waals surface area contributed by atoms with Gasteiger partial charge >= 0.3 is 5.97 Å². The molecule has 0 bridgehead atoms. The number of nitrogens with one attached hydrogen (secondary N) is 5. The molecule has 13 heteroatoms. The molecule has 4 atom stereocenters. The van der Waals surface area contributed by atoms with Crippen LogP contribution in [0.4, 0.5) is 0 Å². The number of para-hydroxylation sites is 1. The predicted octanol–water partition coefficient (Wildman–Crippen LogP) is 1.54. The van der Waals surface area contributed by atoms with E-state index in [0.29, 0.717) is 11.3 Å². The number of rotatable bonds is 15. The Hall–Kier alpha value is -5.17. The number of aromatic hydroxyl groups is 1. The second kappa shape index (κ2) is 15.0. The summed E-state index contributed by atoms with van der Waals surface area (Å²) in [5.41, 5.74) is 9.23. The number of phenolic OH excluding ortho intramolecular Hbond substituents is 1. The SMILES string of the molecule is CC(C)CC(NC(=O)C(Cc1ccc(O)cc1)NC(=O)C(N)Cc1c[nH]c2ccccc12)C(=O)NC(Cc1cnc[nH]1)C(=O)O. The van der Waals surface area contributed by atoms with Crippen molar-refractivity contribution in [1.82, 2.24) is 30.9 Å². The van der Waals surface area contributed by atoms with Gasteiger partial charge in [-0.3, -0.25) is 14.4 Å². The standard InChI is InChI=1S/C32H39N7O6/c1-18(2)11-26(30(42)39-28(32(44)45)14-21-16-34-17-36-21)38-31(43)27(12-19-7-9-22(40)10-8-19)37-29(41)24(33)13-20-15-35-25-6-4-3-5-23(20)25/h3-10,15-18,24,26-28,35,40H,11-14,33H2,1-2H3,(H,34,36)(H,37,41)(H,38,43)(H,39,42)(H,44,45). The zero-order chi connectivity index (χ0) is 32.5. The molecule has 4 unspecified atom stereocenters. The number of phenols is 1. The Kier molecular flexibility index (Phi) is 10.9. The summed E-state index contributed by atoms with van der Waals surface area (Å²) >= 11 is 0. The first kappa shape index (κ1) is 32.7. The number of carbonyl (C=O) groups is 4. The van der Waals surface area contributed by atoms with Gasteiger partial charge in [-0.15, -0.1) is 0 Å². The monoisotopic (exact) mass is 617 g/mol. The van der Waals surface area contributed by atoms with Gasteiger partial charge in [-0.25, -0.2) is 9.78 Å². The fraction of sp³-hybridized carbons (Fsp3) is 0.344. The topological polar surface area (TPSA) is 215 Å². The third-order valence-electron chi connectivity index (χ3n) is 7.39. The van der Waals surface area contributed by atoms with Gasteiger partial charge in [0.1, 0.15) is 23.9 Å². The third kappa shape index (κ3) is 9.16. The average molecular weight is 618 g/mol. The normalized spacial score (nSPS) is 14.0. The predicted molar refractivity (Wildman–Crippen MR) is 167 cm³/mol. The molecule has 0 radical (unpaired) electrons. The van der Waals surface area contributed by atoms with Crippen molar-refractivity contribution >= 4 is 34.6 Å². The number of carboxylic acids is 1. The minimum absolute atomic E-state index is 0.0305. The van der Waals surface area contributed by atoms with E-state index in [1.54, 1.807) is 18.3 Å². The Balaban J connectivity index is 1.50. The van der Waals surface area contributed by atoms with Gasteiger partial charge in [-0.2, -0.15) is 0 Å². The van der Waals surface area contributed by atoms with Crippen molar-refractivity contribution in [2.45, 2.75) is 63.7 Å². The van der Waals surface area contributed by atoms with Crippen molar-refractivity contribution in [2.24, 2.45) is 11.7 Å². The molecule has 0 saturated heterocycles. The first-order chi connectivity index (χ1) is 21.5. The highest BCUT2D eigenvalue weighted by atomic mass is 16.4. The summed E-state index contributed by atoms with van der Waals surface area (Å²) in [7, 11) is 0. The van der Waals surface area contributed by atoms with E-state index in [4.69, 9.17) is 5.73 Å². The number of carbonyl (C=O) groups excluding carboxylic acids is 3. The van der Waals surface area contributed by atoms with E-state index in [1.165, 1.54) is 24.7 Å². The largest absolute Gasteiger partial charge is 0.508 e. The van der Waals surface area contributed by atoms with Crippen LogP contribution in [-0.2, 0) is 38.4 Å². The first-order valence-electron chi connectivity index (χ1n) is 14.7. The molecule has 4 rings (SSSR count). The van der Waals surface area contributed by atoms with Crippen LogP contribution in [0.1, 0.15) is 37.1 Å². The lowest BCUT2D eigenvalue weighted by Crippen LogP contribution is -2.58. The van der Waals surface area contributed by atoms with E-state index in [0.717, 1.165) is 16.5 Å². The van der Waals surface area contributed by atoms with Gasteiger partial charge in [0.15, 0.2) is 0 Å². The molecule has 0 spiro atoms. The molecule has 2 heterocycles.